The Hall–Kier alpha value is -1.39. The molecule has 1 heterocycles. The van der Waals surface area contributed by atoms with E-state index in [9.17, 15) is 4.79 Å². The number of rotatable bonds is 5. The molecule has 1 aromatic rings. The number of amides is 1. The van der Waals surface area contributed by atoms with Crippen molar-refractivity contribution >= 4 is 5.91 Å². The van der Waals surface area contributed by atoms with Gasteiger partial charge in [0.05, 0.1) is 6.10 Å². The van der Waals surface area contributed by atoms with Gasteiger partial charge in [0.25, 0.3) is 0 Å². The van der Waals surface area contributed by atoms with Crippen LogP contribution in [-0.2, 0) is 9.53 Å². The monoisotopic (exact) mass is 290 g/mol. The molecule has 2 rings (SSSR count). The summed E-state index contributed by atoms with van der Waals surface area (Å²) < 4.78 is 5.85. The third-order valence-corrected chi connectivity index (χ3v) is 4.13. The van der Waals surface area contributed by atoms with E-state index in [1.54, 1.807) is 0 Å². The number of benzene rings is 1. The van der Waals surface area contributed by atoms with Crippen LogP contribution in [0.5, 0.6) is 0 Å². The molecule has 0 radical (unpaired) electrons. The summed E-state index contributed by atoms with van der Waals surface area (Å²) in [5.41, 5.74) is 6.85. The lowest BCUT2D eigenvalue weighted by Crippen LogP contribution is -2.43. The van der Waals surface area contributed by atoms with Crippen LogP contribution in [0.2, 0.25) is 0 Å². The fraction of sp³-hybridized carbons (Fsp3) is 0.588. The van der Waals surface area contributed by atoms with Gasteiger partial charge in [0.2, 0.25) is 5.91 Å². The highest BCUT2D eigenvalue weighted by molar-refractivity contribution is 5.82. The van der Waals surface area contributed by atoms with Crippen LogP contribution in [-0.4, -0.2) is 25.2 Å². The number of carbonyl (C=O) groups excluding carboxylic acids is 1. The van der Waals surface area contributed by atoms with Crippen LogP contribution in [0, 0.1) is 11.8 Å². The van der Waals surface area contributed by atoms with Gasteiger partial charge >= 0.3 is 0 Å². The van der Waals surface area contributed by atoms with E-state index in [0.29, 0.717) is 18.4 Å². The van der Waals surface area contributed by atoms with E-state index in [1.807, 2.05) is 30.3 Å². The molecule has 116 valence electrons. The number of carbonyl (C=O) groups is 1. The standard InChI is InChI=1S/C17H26N2O2/c1-12(2)16-14(9-6-10-21-16)11-19-17(20)15(18)13-7-4-3-5-8-13/h3-5,7-8,12,14-16H,6,9-11,18H2,1-2H3,(H,19,20). The molecular weight excluding hydrogens is 264 g/mol. The molecule has 0 aromatic heterocycles. The molecule has 1 saturated heterocycles. The maximum absolute atomic E-state index is 12.2. The third-order valence-electron chi connectivity index (χ3n) is 4.13. The van der Waals surface area contributed by atoms with Crippen LogP contribution in [0.4, 0.5) is 0 Å². The molecule has 3 unspecified atom stereocenters. The summed E-state index contributed by atoms with van der Waals surface area (Å²) >= 11 is 0. The van der Waals surface area contributed by atoms with Crippen LogP contribution in [0.3, 0.4) is 0 Å². The Morgan fingerprint density at radius 2 is 2.10 bits per heavy atom. The SMILES string of the molecule is CC(C)C1OCCCC1CNC(=O)C(N)c1ccccc1. The highest BCUT2D eigenvalue weighted by atomic mass is 16.5. The van der Waals surface area contributed by atoms with Gasteiger partial charge in [-0.15, -0.1) is 0 Å². The summed E-state index contributed by atoms with van der Waals surface area (Å²) in [6.07, 6.45) is 2.39. The van der Waals surface area contributed by atoms with Crippen molar-refractivity contribution in [3.63, 3.8) is 0 Å². The van der Waals surface area contributed by atoms with Gasteiger partial charge in [-0.2, -0.15) is 0 Å². The Balaban J connectivity index is 1.88. The molecule has 4 nitrogen and oxygen atoms in total. The molecule has 4 heteroatoms. The minimum Gasteiger partial charge on any atom is -0.378 e. The molecule has 0 bridgehead atoms. The van der Waals surface area contributed by atoms with Gasteiger partial charge in [-0.25, -0.2) is 0 Å². The largest absolute Gasteiger partial charge is 0.378 e. The zero-order chi connectivity index (χ0) is 15.2. The molecule has 1 fully saturated rings. The number of nitrogens with one attached hydrogen (secondary N) is 1. The van der Waals surface area contributed by atoms with E-state index in [0.717, 1.165) is 25.0 Å². The fourth-order valence-corrected chi connectivity index (χ4v) is 2.97. The number of nitrogens with two attached hydrogens (primary N) is 1. The minimum absolute atomic E-state index is 0.116. The van der Waals surface area contributed by atoms with E-state index in [-0.39, 0.29) is 12.0 Å². The van der Waals surface area contributed by atoms with Gasteiger partial charge in [0, 0.05) is 19.1 Å². The molecule has 1 amide bonds. The Morgan fingerprint density at radius 3 is 2.76 bits per heavy atom. The molecule has 0 aliphatic carbocycles. The van der Waals surface area contributed by atoms with Crippen molar-refractivity contribution in [1.29, 1.82) is 0 Å². The maximum Gasteiger partial charge on any atom is 0.241 e. The molecule has 1 aliphatic heterocycles. The summed E-state index contributed by atoms with van der Waals surface area (Å²) in [6.45, 7) is 5.81. The quantitative estimate of drug-likeness (QED) is 0.874. The Labute approximate surface area is 127 Å². The second kappa shape index (κ2) is 7.57. The molecule has 0 saturated carbocycles. The lowest BCUT2D eigenvalue weighted by atomic mass is 9.87. The van der Waals surface area contributed by atoms with Crippen molar-refractivity contribution < 1.29 is 9.53 Å². The van der Waals surface area contributed by atoms with Gasteiger partial charge in [0.1, 0.15) is 6.04 Å². The summed E-state index contributed by atoms with van der Waals surface area (Å²) in [5.74, 6) is 0.731. The van der Waals surface area contributed by atoms with Crippen LogP contribution in [0.1, 0.15) is 38.3 Å². The predicted molar refractivity (Wildman–Crippen MR) is 83.7 cm³/mol. The summed E-state index contributed by atoms with van der Waals surface area (Å²) in [5, 5.41) is 2.99. The average Bonchev–Trinajstić information content (AvgIpc) is 2.52. The Bertz CT molecular complexity index is 447. The van der Waals surface area contributed by atoms with E-state index < -0.39 is 6.04 Å². The third kappa shape index (κ3) is 4.29. The van der Waals surface area contributed by atoms with Crippen molar-refractivity contribution in [2.45, 2.75) is 38.8 Å². The highest BCUT2D eigenvalue weighted by Crippen LogP contribution is 2.25. The molecule has 1 aromatic carbocycles. The predicted octanol–water partition coefficient (Wildman–Crippen LogP) is 2.25. The average molecular weight is 290 g/mol. The lowest BCUT2D eigenvalue weighted by Gasteiger charge is -2.34. The molecule has 3 atom stereocenters. The highest BCUT2D eigenvalue weighted by Gasteiger charge is 2.29. The van der Waals surface area contributed by atoms with Crippen molar-refractivity contribution in [3.05, 3.63) is 35.9 Å². The number of hydrogen-bond acceptors (Lipinski definition) is 3. The molecule has 1 aliphatic rings. The van der Waals surface area contributed by atoms with E-state index >= 15 is 0 Å². The van der Waals surface area contributed by atoms with Crippen LogP contribution >= 0.6 is 0 Å². The van der Waals surface area contributed by atoms with Gasteiger partial charge in [-0.3, -0.25) is 4.79 Å². The first-order valence-electron chi connectivity index (χ1n) is 7.79. The number of ether oxygens (including phenoxy) is 1. The summed E-state index contributed by atoms with van der Waals surface area (Å²) in [7, 11) is 0. The first-order chi connectivity index (χ1) is 10.1. The second-order valence-electron chi connectivity index (χ2n) is 6.12. The van der Waals surface area contributed by atoms with Crippen LogP contribution in [0.25, 0.3) is 0 Å². The zero-order valence-corrected chi connectivity index (χ0v) is 12.9. The maximum atomic E-state index is 12.2. The fourth-order valence-electron chi connectivity index (χ4n) is 2.97. The van der Waals surface area contributed by atoms with E-state index in [1.165, 1.54) is 0 Å². The first-order valence-corrected chi connectivity index (χ1v) is 7.79. The molecule has 3 N–H and O–H groups in total. The Kier molecular flexibility index (Phi) is 5.76. The van der Waals surface area contributed by atoms with Gasteiger partial charge < -0.3 is 15.8 Å². The summed E-state index contributed by atoms with van der Waals surface area (Å²) in [4.78, 5) is 12.2. The van der Waals surface area contributed by atoms with Gasteiger partial charge in [-0.05, 0) is 24.3 Å². The zero-order valence-electron chi connectivity index (χ0n) is 12.9. The van der Waals surface area contributed by atoms with Crippen LogP contribution in [0.15, 0.2) is 30.3 Å². The smallest absolute Gasteiger partial charge is 0.241 e. The van der Waals surface area contributed by atoms with Crippen molar-refractivity contribution in [2.24, 2.45) is 17.6 Å². The van der Waals surface area contributed by atoms with E-state index in [4.69, 9.17) is 10.5 Å². The normalized spacial score (nSPS) is 23.8. The first kappa shape index (κ1) is 16.0. The van der Waals surface area contributed by atoms with Crippen molar-refractivity contribution in [2.75, 3.05) is 13.2 Å². The van der Waals surface area contributed by atoms with Crippen molar-refractivity contribution in [3.8, 4) is 0 Å². The number of hydrogen-bond donors (Lipinski definition) is 2. The van der Waals surface area contributed by atoms with Crippen LogP contribution < -0.4 is 11.1 Å². The summed E-state index contributed by atoms with van der Waals surface area (Å²) in [6, 6.07) is 8.86. The molecule has 0 spiro atoms. The second-order valence-corrected chi connectivity index (χ2v) is 6.12. The van der Waals surface area contributed by atoms with Crippen molar-refractivity contribution in [1.82, 2.24) is 5.32 Å². The van der Waals surface area contributed by atoms with Gasteiger partial charge in [-0.1, -0.05) is 44.2 Å². The van der Waals surface area contributed by atoms with Gasteiger partial charge in [0.15, 0.2) is 0 Å². The topological polar surface area (TPSA) is 64.3 Å². The Morgan fingerprint density at radius 1 is 1.38 bits per heavy atom. The lowest BCUT2D eigenvalue weighted by molar-refractivity contribution is -0.123. The molecule has 21 heavy (non-hydrogen) atoms. The van der Waals surface area contributed by atoms with E-state index in [2.05, 4.69) is 19.2 Å². The minimum atomic E-state index is -0.604. The molecular formula is C17H26N2O2.